The lowest BCUT2D eigenvalue weighted by molar-refractivity contribution is -0.125. The van der Waals surface area contributed by atoms with E-state index < -0.39 is 0 Å². The van der Waals surface area contributed by atoms with E-state index in [1.54, 1.807) is 30.2 Å². The molecule has 1 amide bonds. The number of nitrogens with zero attached hydrogens (tertiary/aromatic N) is 6. The number of aromatic nitrogens is 5. The minimum Gasteiger partial charge on any atom is -0.356 e. The van der Waals surface area contributed by atoms with Gasteiger partial charge in [0, 0.05) is 42.0 Å². The standard InChI is InChI=1S/C24H25N7OS/c1-17-20(33-24(29-17)18-6-3-2-4-7-18)13-26-23(32)19-8-5-10-30(14-19)21-12-22(28-15-27-21)31-11-9-25-16-31/h2-4,6-7,9,11-12,15-16,19H,5,8,10,13-14H2,1H3,(H,26,32). The molecule has 0 aliphatic carbocycles. The molecule has 1 fully saturated rings. The van der Waals surface area contributed by atoms with E-state index in [1.807, 2.05) is 42.0 Å². The van der Waals surface area contributed by atoms with Gasteiger partial charge in [-0.3, -0.25) is 9.36 Å². The van der Waals surface area contributed by atoms with E-state index in [4.69, 9.17) is 4.98 Å². The molecule has 3 aromatic heterocycles. The molecular weight excluding hydrogens is 434 g/mol. The number of anilines is 1. The highest BCUT2D eigenvalue weighted by atomic mass is 32.1. The predicted molar refractivity (Wildman–Crippen MR) is 128 cm³/mol. The first kappa shape index (κ1) is 21.3. The lowest BCUT2D eigenvalue weighted by Crippen LogP contribution is -2.43. The molecule has 1 aliphatic rings. The maximum absolute atomic E-state index is 13.0. The Kier molecular flexibility index (Phi) is 6.12. The molecule has 1 N–H and O–H groups in total. The van der Waals surface area contributed by atoms with Crippen LogP contribution in [0.1, 0.15) is 23.4 Å². The number of hydrogen-bond acceptors (Lipinski definition) is 7. The molecule has 5 rings (SSSR count). The molecule has 4 heterocycles. The molecule has 1 saturated heterocycles. The average Bonchev–Trinajstić information content (AvgIpc) is 3.53. The second-order valence-electron chi connectivity index (χ2n) is 8.10. The van der Waals surface area contributed by atoms with Crippen molar-refractivity contribution in [1.29, 1.82) is 0 Å². The zero-order valence-corrected chi connectivity index (χ0v) is 19.2. The molecule has 0 saturated carbocycles. The maximum atomic E-state index is 13.0. The van der Waals surface area contributed by atoms with Gasteiger partial charge in [-0.15, -0.1) is 11.3 Å². The summed E-state index contributed by atoms with van der Waals surface area (Å²) in [7, 11) is 0. The fourth-order valence-electron chi connectivity index (χ4n) is 4.05. The molecule has 1 atom stereocenters. The summed E-state index contributed by atoms with van der Waals surface area (Å²) in [6, 6.07) is 12.1. The number of thiazole rings is 1. The lowest BCUT2D eigenvalue weighted by atomic mass is 9.97. The highest BCUT2D eigenvalue weighted by molar-refractivity contribution is 7.15. The molecule has 0 radical (unpaired) electrons. The number of imidazole rings is 1. The van der Waals surface area contributed by atoms with Crippen LogP contribution in [0, 0.1) is 12.8 Å². The summed E-state index contributed by atoms with van der Waals surface area (Å²) in [5.74, 6) is 1.60. The predicted octanol–water partition coefficient (Wildman–Crippen LogP) is 3.63. The molecule has 168 valence electrons. The van der Waals surface area contributed by atoms with Gasteiger partial charge in [-0.1, -0.05) is 30.3 Å². The SMILES string of the molecule is Cc1nc(-c2ccccc2)sc1CNC(=O)C1CCCN(c2cc(-n3ccnc3)ncn2)C1. The third kappa shape index (κ3) is 4.78. The van der Waals surface area contributed by atoms with Gasteiger partial charge in [0.05, 0.1) is 18.2 Å². The van der Waals surface area contributed by atoms with Crippen molar-refractivity contribution in [3.63, 3.8) is 0 Å². The van der Waals surface area contributed by atoms with Crippen molar-refractivity contribution in [3.8, 4) is 16.4 Å². The van der Waals surface area contributed by atoms with Crippen LogP contribution in [0.5, 0.6) is 0 Å². The Hall–Kier alpha value is -3.59. The van der Waals surface area contributed by atoms with Gasteiger partial charge in [-0.05, 0) is 19.8 Å². The maximum Gasteiger partial charge on any atom is 0.225 e. The highest BCUT2D eigenvalue weighted by Crippen LogP contribution is 2.28. The number of carbonyl (C=O) groups is 1. The van der Waals surface area contributed by atoms with Gasteiger partial charge in [0.15, 0.2) is 0 Å². The van der Waals surface area contributed by atoms with Gasteiger partial charge in [-0.2, -0.15) is 0 Å². The fourth-order valence-corrected chi connectivity index (χ4v) is 5.06. The summed E-state index contributed by atoms with van der Waals surface area (Å²) >= 11 is 1.64. The van der Waals surface area contributed by atoms with E-state index in [2.05, 4.69) is 37.3 Å². The topological polar surface area (TPSA) is 88.8 Å². The van der Waals surface area contributed by atoms with Crippen molar-refractivity contribution in [1.82, 2.24) is 29.8 Å². The number of piperidine rings is 1. The first-order chi connectivity index (χ1) is 16.2. The van der Waals surface area contributed by atoms with Gasteiger partial charge in [-0.25, -0.2) is 19.9 Å². The number of carbonyl (C=O) groups excluding carboxylic acids is 1. The van der Waals surface area contributed by atoms with Crippen LogP contribution < -0.4 is 10.2 Å². The number of hydrogen-bond donors (Lipinski definition) is 1. The van der Waals surface area contributed by atoms with Crippen LogP contribution in [-0.2, 0) is 11.3 Å². The number of benzene rings is 1. The zero-order valence-electron chi connectivity index (χ0n) is 18.4. The second-order valence-corrected chi connectivity index (χ2v) is 9.18. The summed E-state index contributed by atoms with van der Waals surface area (Å²) in [6.07, 6.45) is 8.66. The lowest BCUT2D eigenvalue weighted by Gasteiger charge is -2.32. The van der Waals surface area contributed by atoms with Crippen LogP contribution in [0.3, 0.4) is 0 Å². The van der Waals surface area contributed by atoms with Crippen LogP contribution in [0.15, 0.2) is 61.4 Å². The Labute approximate surface area is 196 Å². The van der Waals surface area contributed by atoms with Gasteiger partial charge in [0.25, 0.3) is 0 Å². The second kappa shape index (κ2) is 9.50. The molecule has 4 aromatic rings. The van der Waals surface area contributed by atoms with E-state index in [9.17, 15) is 4.79 Å². The highest BCUT2D eigenvalue weighted by Gasteiger charge is 2.27. The van der Waals surface area contributed by atoms with Crippen LogP contribution in [0.2, 0.25) is 0 Å². The van der Waals surface area contributed by atoms with Crippen LogP contribution >= 0.6 is 11.3 Å². The molecule has 0 spiro atoms. The van der Waals surface area contributed by atoms with Gasteiger partial charge in [0.1, 0.15) is 29.3 Å². The third-order valence-corrected chi connectivity index (χ3v) is 7.07. The Morgan fingerprint density at radius 2 is 2.06 bits per heavy atom. The molecular formula is C24H25N7OS. The summed E-state index contributed by atoms with van der Waals surface area (Å²) in [5, 5.41) is 4.12. The van der Waals surface area contributed by atoms with Gasteiger partial charge >= 0.3 is 0 Å². The molecule has 1 aliphatic heterocycles. The normalized spacial score (nSPS) is 16.0. The molecule has 9 heteroatoms. The van der Waals surface area contributed by atoms with Crippen molar-refractivity contribution in [2.45, 2.75) is 26.3 Å². The Bertz CT molecular complexity index is 1220. The number of rotatable bonds is 6. The fraction of sp³-hybridized carbons (Fsp3) is 0.292. The smallest absolute Gasteiger partial charge is 0.225 e. The van der Waals surface area contributed by atoms with Crippen molar-refractivity contribution in [2.24, 2.45) is 5.92 Å². The summed E-state index contributed by atoms with van der Waals surface area (Å²) in [5.41, 5.74) is 2.07. The molecule has 0 bridgehead atoms. The Balaban J connectivity index is 1.22. The molecule has 1 aromatic carbocycles. The minimum atomic E-state index is -0.0766. The van der Waals surface area contributed by atoms with E-state index >= 15 is 0 Å². The van der Waals surface area contributed by atoms with Crippen molar-refractivity contribution in [3.05, 3.63) is 72.0 Å². The van der Waals surface area contributed by atoms with Crippen molar-refractivity contribution in [2.75, 3.05) is 18.0 Å². The van der Waals surface area contributed by atoms with Crippen LogP contribution in [-0.4, -0.2) is 43.5 Å². The van der Waals surface area contributed by atoms with E-state index in [-0.39, 0.29) is 11.8 Å². The first-order valence-electron chi connectivity index (χ1n) is 11.0. The monoisotopic (exact) mass is 459 g/mol. The molecule has 1 unspecified atom stereocenters. The van der Waals surface area contributed by atoms with Gasteiger partial charge < -0.3 is 10.2 Å². The number of nitrogens with one attached hydrogen (secondary N) is 1. The molecule has 8 nitrogen and oxygen atoms in total. The van der Waals surface area contributed by atoms with Crippen LogP contribution in [0.4, 0.5) is 5.82 Å². The number of amides is 1. The van der Waals surface area contributed by atoms with E-state index in [0.29, 0.717) is 13.1 Å². The Morgan fingerprint density at radius 3 is 2.88 bits per heavy atom. The Morgan fingerprint density at radius 1 is 1.21 bits per heavy atom. The molecule has 33 heavy (non-hydrogen) atoms. The largest absolute Gasteiger partial charge is 0.356 e. The zero-order chi connectivity index (χ0) is 22.6. The van der Waals surface area contributed by atoms with Crippen molar-refractivity contribution >= 4 is 23.1 Å². The average molecular weight is 460 g/mol. The summed E-state index contributed by atoms with van der Waals surface area (Å²) < 4.78 is 1.85. The van der Waals surface area contributed by atoms with E-state index in [0.717, 1.165) is 52.2 Å². The quantitative estimate of drug-likeness (QED) is 0.474. The van der Waals surface area contributed by atoms with Gasteiger partial charge in [0.2, 0.25) is 5.91 Å². The van der Waals surface area contributed by atoms with Crippen LogP contribution in [0.25, 0.3) is 16.4 Å². The van der Waals surface area contributed by atoms with E-state index in [1.165, 1.54) is 0 Å². The third-order valence-electron chi connectivity index (χ3n) is 5.86. The first-order valence-corrected chi connectivity index (χ1v) is 11.8. The minimum absolute atomic E-state index is 0.0766. The number of aryl methyl sites for hydroxylation is 1. The van der Waals surface area contributed by atoms with Crippen molar-refractivity contribution < 1.29 is 4.79 Å². The summed E-state index contributed by atoms with van der Waals surface area (Å²) in [6.45, 7) is 4.02. The summed E-state index contributed by atoms with van der Waals surface area (Å²) in [4.78, 5) is 33.8.